The van der Waals surface area contributed by atoms with Gasteiger partial charge in [-0.25, -0.2) is 4.98 Å². The van der Waals surface area contributed by atoms with Crippen LogP contribution in [0.15, 0.2) is 12.3 Å². The van der Waals surface area contributed by atoms with E-state index >= 15 is 0 Å². The first kappa shape index (κ1) is 16.5. The summed E-state index contributed by atoms with van der Waals surface area (Å²) in [6, 6.07) is 1.92. The molecule has 1 aliphatic rings. The molecule has 116 valence electrons. The molecule has 1 aliphatic carbocycles. The van der Waals surface area contributed by atoms with E-state index in [0.717, 1.165) is 12.8 Å². The molecule has 0 radical (unpaired) electrons. The summed E-state index contributed by atoms with van der Waals surface area (Å²) in [5, 5.41) is 3.48. The van der Waals surface area contributed by atoms with E-state index in [9.17, 15) is 4.79 Å². The second kappa shape index (κ2) is 7.40. The van der Waals surface area contributed by atoms with Crippen LogP contribution >= 0.6 is 23.2 Å². The minimum atomic E-state index is -0.142. The lowest BCUT2D eigenvalue weighted by Gasteiger charge is -2.28. The molecule has 2 rings (SSSR count). The maximum absolute atomic E-state index is 12.1. The third kappa shape index (κ3) is 4.30. The SMILES string of the molecule is CN(CC(=O)Nc1ncc(Cl)cc1Cl)C1CCCC1CN. The number of hydrogen-bond acceptors (Lipinski definition) is 4. The van der Waals surface area contributed by atoms with Gasteiger partial charge in [-0.2, -0.15) is 0 Å². The molecule has 0 aliphatic heterocycles. The van der Waals surface area contributed by atoms with Crippen LogP contribution in [-0.4, -0.2) is 42.0 Å². The zero-order valence-corrected chi connectivity index (χ0v) is 13.5. The van der Waals surface area contributed by atoms with E-state index in [1.807, 2.05) is 7.05 Å². The zero-order valence-electron chi connectivity index (χ0n) is 12.0. The van der Waals surface area contributed by atoms with Crippen molar-refractivity contribution >= 4 is 34.9 Å². The monoisotopic (exact) mass is 330 g/mol. The normalized spacial score (nSPS) is 21.8. The molecule has 0 spiro atoms. The Morgan fingerprint density at radius 1 is 1.52 bits per heavy atom. The molecule has 2 atom stereocenters. The van der Waals surface area contributed by atoms with Crippen LogP contribution in [-0.2, 0) is 4.79 Å². The molecule has 1 amide bonds. The van der Waals surface area contributed by atoms with Gasteiger partial charge in [0.05, 0.1) is 16.6 Å². The van der Waals surface area contributed by atoms with Gasteiger partial charge < -0.3 is 11.1 Å². The molecule has 3 N–H and O–H groups in total. The van der Waals surface area contributed by atoms with Crippen molar-refractivity contribution in [1.29, 1.82) is 0 Å². The summed E-state index contributed by atoms with van der Waals surface area (Å²) >= 11 is 11.8. The predicted molar refractivity (Wildman–Crippen MR) is 85.7 cm³/mol. The molecular weight excluding hydrogens is 311 g/mol. The quantitative estimate of drug-likeness (QED) is 0.869. The largest absolute Gasteiger partial charge is 0.330 e. The number of nitrogens with one attached hydrogen (secondary N) is 1. The number of nitrogens with two attached hydrogens (primary N) is 1. The van der Waals surface area contributed by atoms with E-state index in [4.69, 9.17) is 28.9 Å². The number of hydrogen-bond donors (Lipinski definition) is 2. The summed E-state index contributed by atoms with van der Waals surface area (Å²) < 4.78 is 0. The van der Waals surface area contributed by atoms with Gasteiger partial charge in [0.1, 0.15) is 0 Å². The standard InChI is InChI=1S/C14H20Cl2N4O/c1-20(12-4-2-3-9(12)6-17)8-13(21)19-14-11(16)5-10(15)7-18-14/h5,7,9,12H,2-4,6,8,17H2,1H3,(H,18,19,21). The van der Waals surface area contributed by atoms with E-state index in [1.54, 1.807) is 6.07 Å². The van der Waals surface area contributed by atoms with E-state index < -0.39 is 0 Å². The van der Waals surface area contributed by atoms with E-state index in [2.05, 4.69) is 15.2 Å². The summed E-state index contributed by atoms with van der Waals surface area (Å²) in [5.74, 6) is 0.665. The molecule has 1 aromatic rings. The smallest absolute Gasteiger partial charge is 0.239 e. The molecular formula is C14H20Cl2N4O. The maximum Gasteiger partial charge on any atom is 0.239 e. The number of pyridine rings is 1. The minimum absolute atomic E-state index is 0.142. The van der Waals surface area contributed by atoms with Gasteiger partial charge in [0.25, 0.3) is 0 Å². The Balaban J connectivity index is 1.92. The lowest BCUT2D eigenvalue weighted by Crippen LogP contribution is -2.41. The zero-order chi connectivity index (χ0) is 15.4. The number of carbonyl (C=O) groups is 1. The van der Waals surface area contributed by atoms with Crippen LogP contribution in [0, 0.1) is 5.92 Å². The first-order chi connectivity index (χ1) is 10.0. The number of likely N-dealkylation sites (N-methyl/N-ethyl adjacent to an activating group) is 1. The molecule has 21 heavy (non-hydrogen) atoms. The minimum Gasteiger partial charge on any atom is -0.330 e. The van der Waals surface area contributed by atoms with Crippen molar-refractivity contribution in [2.75, 3.05) is 25.5 Å². The predicted octanol–water partition coefficient (Wildman–Crippen LogP) is 2.39. The summed E-state index contributed by atoms with van der Waals surface area (Å²) in [5.41, 5.74) is 5.78. The topological polar surface area (TPSA) is 71.2 Å². The number of amides is 1. The fourth-order valence-electron chi connectivity index (χ4n) is 2.89. The van der Waals surface area contributed by atoms with Gasteiger partial charge in [0, 0.05) is 12.2 Å². The van der Waals surface area contributed by atoms with Crippen LogP contribution in [0.25, 0.3) is 0 Å². The van der Waals surface area contributed by atoms with Crippen molar-refractivity contribution < 1.29 is 4.79 Å². The van der Waals surface area contributed by atoms with Crippen LogP contribution in [0.4, 0.5) is 5.82 Å². The Labute approximate surface area is 134 Å². The van der Waals surface area contributed by atoms with Crippen LogP contribution in [0.5, 0.6) is 0 Å². The Morgan fingerprint density at radius 3 is 2.95 bits per heavy atom. The van der Waals surface area contributed by atoms with Crippen LogP contribution < -0.4 is 11.1 Å². The van der Waals surface area contributed by atoms with Gasteiger partial charge in [0.15, 0.2) is 5.82 Å². The highest BCUT2D eigenvalue weighted by Crippen LogP contribution is 2.28. The van der Waals surface area contributed by atoms with Crippen molar-refractivity contribution in [3.05, 3.63) is 22.3 Å². The average molecular weight is 331 g/mol. The maximum atomic E-state index is 12.1. The third-order valence-corrected chi connectivity index (χ3v) is 4.44. The van der Waals surface area contributed by atoms with Crippen LogP contribution in [0.2, 0.25) is 10.0 Å². The average Bonchev–Trinajstić information content (AvgIpc) is 2.90. The molecule has 5 nitrogen and oxygen atoms in total. The summed E-state index contributed by atoms with van der Waals surface area (Å²) in [6.07, 6.45) is 4.85. The van der Waals surface area contributed by atoms with E-state index in [1.165, 1.54) is 12.6 Å². The lowest BCUT2D eigenvalue weighted by atomic mass is 10.0. The van der Waals surface area contributed by atoms with Gasteiger partial charge in [-0.3, -0.25) is 9.69 Å². The molecule has 0 aromatic carbocycles. The Kier molecular flexibility index (Phi) is 5.81. The highest BCUT2D eigenvalue weighted by Gasteiger charge is 2.30. The lowest BCUT2D eigenvalue weighted by molar-refractivity contribution is -0.117. The van der Waals surface area contributed by atoms with Crippen molar-refractivity contribution in [3.8, 4) is 0 Å². The molecule has 0 saturated heterocycles. The fourth-order valence-corrected chi connectivity index (χ4v) is 3.32. The number of halogens is 2. The van der Waals surface area contributed by atoms with Crippen molar-refractivity contribution in [3.63, 3.8) is 0 Å². The summed E-state index contributed by atoms with van der Waals surface area (Å²) in [4.78, 5) is 18.2. The van der Waals surface area contributed by atoms with Crippen molar-refractivity contribution in [1.82, 2.24) is 9.88 Å². The number of anilines is 1. The molecule has 0 bridgehead atoms. The fraction of sp³-hybridized carbons (Fsp3) is 0.571. The third-order valence-electron chi connectivity index (χ3n) is 3.95. The Hall–Kier alpha value is -0.880. The molecule has 1 fully saturated rings. The second-order valence-electron chi connectivity index (χ2n) is 5.44. The van der Waals surface area contributed by atoms with Crippen molar-refractivity contribution in [2.45, 2.75) is 25.3 Å². The Morgan fingerprint density at radius 2 is 2.29 bits per heavy atom. The highest BCUT2D eigenvalue weighted by molar-refractivity contribution is 6.36. The molecule has 1 heterocycles. The van der Waals surface area contributed by atoms with Gasteiger partial charge in [-0.1, -0.05) is 29.6 Å². The van der Waals surface area contributed by atoms with Crippen LogP contribution in [0.3, 0.4) is 0 Å². The van der Waals surface area contributed by atoms with E-state index in [-0.39, 0.29) is 5.91 Å². The van der Waals surface area contributed by atoms with Crippen LogP contribution in [0.1, 0.15) is 19.3 Å². The molecule has 1 aromatic heterocycles. The first-order valence-electron chi connectivity index (χ1n) is 7.02. The van der Waals surface area contributed by atoms with Crippen molar-refractivity contribution in [2.24, 2.45) is 11.7 Å². The summed E-state index contributed by atoms with van der Waals surface area (Å²) in [6.45, 7) is 0.961. The number of carbonyl (C=O) groups excluding carboxylic acids is 1. The molecule has 7 heteroatoms. The van der Waals surface area contributed by atoms with Gasteiger partial charge in [0.2, 0.25) is 5.91 Å². The van der Waals surface area contributed by atoms with E-state index in [0.29, 0.717) is 40.9 Å². The molecule has 1 saturated carbocycles. The first-order valence-corrected chi connectivity index (χ1v) is 7.78. The van der Waals surface area contributed by atoms with Gasteiger partial charge >= 0.3 is 0 Å². The highest BCUT2D eigenvalue weighted by atomic mass is 35.5. The molecule has 2 unspecified atom stereocenters. The Bertz CT molecular complexity index is 512. The number of aromatic nitrogens is 1. The second-order valence-corrected chi connectivity index (χ2v) is 6.28. The summed E-state index contributed by atoms with van der Waals surface area (Å²) in [7, 11) is 1.95. The van der Waals surface area contributed by atoms with Gasteiger partial charge in [-0.15, -0.1) is 0 Å². The number of rotatable bonds is 5. The number of nitrogens with zero attached hydrogens (tertiary/aromatic N) is 2. The van der Waals surface area contributed by atoms with Gasteiger partial charge in [-0.05, 0) is 38.4 Å².